The van der Waals surface area contributed by atoms with Crippen molar-refractivity contribution in [1.29, 1.82) is 0 Å². The largest absolute Gasteiger partial charge is 0.497 e. The summed E-state index contributed by atoms with van der Waals surface area (Å²) in [6.07, 6.45) is 2.46. The third-order valence-electron chi connectivity index (χ3n) is 3.89. The van der Waals surface area contributed by atoms with Gasteiger partial charge >= 0.3 is 0 Å². The van der Waals surface area contributed by atoms with Crippen molar-refractivity contribution in [2.75, 3.05) is 19.0 Å². The lowest BCUT2D eigenvalue weighted by Gasteiger charge is -2.20. The van der Waals surface area contributed by atoms with Crippen LogP contribution in [0.3, 0.4) is 0 Å². The molecule has 0 saturated heterocycles. The lowest BCUT2D eigenvalue weighted by atomic mass is 9.93. The average Bonchev–Trinajstić information content (AvgIpc) is 2.54. The van der Waals surface area contributed by atoms with Crippen molar-refractivity contribution < 1.29 is 9.53 Å². The highest BCUT2D eigenvalue weighted by Gasteiger charge is 2.17. The Morgan fingerprint density at radius 2 is 2.10 bits per heavy atom. The summed E-state index contributed by atoms with van der Waals surface area (Å²) in [6.45, 7) is 0.987. The van der Waals surface area contributed by atoms with Crippen LogP contribution in [0.25, 0.3) is 0 Å². The number of hydrogen-bond acceptors (Lipinski definition) is 3. The smallest absolute Gasteiger partial charge is 0.167 e. The Labute approximate surface area is 124 Å². The predicted octanol–water partition coefficient (Wildman–Crippen LogP) is 3.48. The maximum absolute atomic E-state index is 12.6. The lowest BCUT2D eigenvalue weighted by molar-refractivity contribution is 0.0992. The highest BCUT2D eigenvalue weighted by molar-refractivity contribution is 6.00. The minimum Gasteiger partial charge on any atom is -0.497 e. The maximum Gasteiger partial charge on any atom is 0.167 e. The fraction of sp³-hybridized carbons (Fsp3) is 0.278. The van der Waals surface area contributed by atoms with Gasteiger partial charge in [0.05, 0.1) is 7.11 Å². The zero-order valence-electron chi connectivity index (χ0n) is 12.2. The van der Waals surface area contributed by atoms with Crippen LogP contribution in [0.2, 0.25) is 0 Å². The minimum atomic E-state index is 0.170. The first-order chi connectivity index (χ1) is 10.3. The molecule has 2 aromatic carbocycles. The first-order valence-electron chi connectivity index (χ1n) is 7.30. The fourth-order valence-corrected chi connectivity index (χ4v) is 2.83. The molecule has 3 heteroatoms. The quantitative estimate of drug-likeness (QED) is 0.872. The molecule has 1 aliphatic rings. The second-order valence-electron chi connectivity index (χ2n) is 5.31. The maximum atomic E-state index is 12.6. The van der Waals surface area contributed by atoms with Gasteiger partial charge in [0.2, 0.25) is 0 Å². The van der Waals surface area contributed by atoms with Crippen LogP contribution in [0.4, 0.5) is 5.69 Å². The van der Waals surface area contributed by atoms with E-state index in [1.165, 1.54) is 0 Å². The number of fused-ring (bicyclic) bond motifs is 1. The number of hydrogen-bond donors (Lipinski definition) is 1. The second-order valence-corrected chi connectivity index (χ2v) is 5.31. The molecule has 108 valence electrons. The highest BCUT2D eigenvalue weighted by atomic mass is 16.5. The van der Waals surface area contributed by atoms with Gasteiger partial charge < -0.3 is 10.1 Å². The van der Waals surface area contributed by atoms with Gasteiger partial charge in [0.1, 0.15) is 5.75 Å². The Bertz CT molecular complexity index is 664. The second kappa shape index (κ2) is 6.00. The number of benzene rings is 2. The molecule has 3 rings (SSSR count). The minimum absolute atomic E-state index is 0.170. The summed E-state index contributed by atoms with van der Waals surface area (Å²) < 4.78 is 5.21. The van der Waals surface area contributed by atoms with Gasteiger partial charge in [0.15, 0.2) is 5.78 Å². The van der Waals surface area contributed by atoms with Gasteiger partial charge in [-0.15, -0.1) is 0 Å². The molecular formula is C18H19NO2. The topological polar surface area (TPSA) is 38.3 Å². The van der Waals surface area contributed by atoms with Crippen molar-refractivity contribution in [3.8, 4) is 5.75 Å². The molecular weight excluding hydrogens is 262 g/mol. The summed E-state index contributed by atoms with van der Waals surface area (Å²) in [5, 5.41) is 3.37. The molecule has 3 nitrogen and oxygen atoms in total. The zero-order chi connectivity index (χ0) is 14.7. The number of nitrogens with one attached hydrogen (secondary N) is 1. The Morgan fingerprint density at radius 3 is 2.95 bits per heavy atom. The Balaban J connectivity index is 1.85. The molecule has 0 unspecified atom stereocenters. The van der Waals surface area contributed by atoms with Gasteiger partial charge in [-0.05, 0) is 42.2 Å². The van der Waals surface area contributed by atoms with E-state index in [4.69, 9.17) is 4.74 Å². The third kappa shape index (κ3) is 2.92. The van der Waals surface area contributed by atoms with Crippen molar-refractivity contribution in [3.05, 3.63) is 59.2 Å². The zero-order valence-corrected chi connectivity index (χ0v) is 12.2. The van der Waals surface area contributed by atoms with E-state index in [1.54, 1.807) is 7.11 Å². The van der Waals surface area contributed by atoms with Gasteiger partial charge in [-0.2, -0.15) is 0 Å². The van der Waals surface area contributed by atoms with E-state index in [1.807, 2.05) is 36.4 Å². The normalized spacial score (nSPS) is 13.2. The molecule has 0 spiro atoms. The van der Waals surface area contributed by atoms with Crippen molar-refractivity contribution in [1.82, 2.24) is 0 Å². The van der Waals surface area contributed by atoms with Crippen LogP contribution in [-0.2, 0) is 12.8 Å². The highest BCUT2D eigenvalue weighted by Crippen LogP contribution is 2.26. The lowest BCUT2D eigenvalue weighted by Crippen LogP contribution is -2.16. The van der Waals surface area contributed by atoms with Crippen molar-refractivity contribution in [2.24, 2.45) is 0 Å². The molecule has 0 radical (unpaired) electrons. The van der Waals surface area contributed by atoms with Crippen LogP contribution < -0.4 is 10.1 Å². The number of anilines is 1. The standard InChI is InChI=1S/C18H19NO2/c1-21-14-6-2-5-13(11-14)12-18(20)16-7-3-9-17-15(16)8-4-10-19-17/h2-3,5-7,9,11,19H,4,8,10,12H2,1H3. The van der Waals surface area contributed by atoms with Crippen LogP contribution in [0.15, 0.2) is 42.5 Å². The molecule has 0 atom stereocenters. The molecule has 2 aromatic rings. The predicted molar refractivity (Wildman–Crippen MR) is 84.3 cm³/mol. The molecule has 1 N–H and O–H groups in total. The van der Waals surface area contributed by atoms with Crippen LogP contribution in [0, 0.1) is 0 Å². The summed E-state index contributed by atoms with van der Waals surface area (Å²) in [5.41, 5.74) is 4.11. The van der Waals surface area contributed by atoms with E-state index >= 15 is 0 Å². The molecule has 1 heterocycles. The van der Waals surface area contributed by atoms with E-state index in [-0.39, 0.29) is 5.78 Å². The van der Waals surface area contributed by atoms with Crippen molar-refractivity contribution in [2.45, 2.75) is 19.3 Å². The van der Waals surface area contributed by atoms with Crippen LogP contribution in [0.1, 0.15) is 27.9 Å². The number of methoxy groups -OCH3 is 1. The number of ether oxygens (including phenoxy) is 1. The Morgan fingerprint density at radius 1 is 1.24 bits per heavy atom. The molecule has 21 heavy (non-hydrogen) atoms. The van der Waals surface area contributed by atoms with Crippen molar-refractivity contribution >= 4 is 11.5 Å². The number of Topliss-reactive ketones (excluding diaryl/α,β-unsaturated/α-hetero) is 1. The van der Waals surface area contributed by atoms with Gasteiger partial charge in [0.25, 0.3) is 0 Å². The van der Waals surface area contributed by atoms with Crippen molar-refractivity contribution in [3.63, 3.8) is 0 Å². The van der Waals surface area contributed by atoms with E-state index < -0.39 is 0 Å². The number of rotatable bonds is 4. The van der Waals surface area contributed by atoms with Gasteiger partial charge in [-0.3, -0.25) is 4.79 Å². The number of ketones is 1. The molecule has 0 aliphatic carbocycles. The molecule has 1 aliphatic heterocycles. The van der Waals surface area contributed by atoms with E-state index in [9.17, 15) is 4.79 Å². The summed E-state index contributed by atoms with van der Waals surface area (Å²) in [5.74, 6) is 0.959. The molecule has 0 aromatic heterocycles. The fourth-order valence-electron chi connectivity index (χ4n) is 2.83. The monoisotopic (exact) mass is 281 g/mol. The number of carbonyl (C=O) groups is 1. The molecule has 0 fully saturated rings. The average molecular weight is 281 g/mol. The summed E-state index contributed by atoms with van der Waals surface area (Å²) in [6, 6.07) is 13.6. The summed E-state index contributed by atoms with van der Waals surface area (Å²) >= 11 is 0. The molecule has 0 saturated carbocycles. The Kier molecular flexibility index (Phi) is 3.91. The van der Waals surface area contributed by atoms with E-state index in [0.29, 0.717) is 6.42 Å². The summed E-state index contributed by atoms with van der Waals surface area (Å²) in [7, 11) is 1.64. The van der Waals surface area contributed by atoms with Crippen LogP contribution in [0.5, 0.6) is 5.75 Å². The van der Waals surface area contributed by atoms with Gasteiger partial charge in [-0.25, -0.2) is 0 Å². The van der Waals surface area contributed by atoms with E-state index in [0.717, 1.165) is 47.5 Å². The Hall–Kier alpha value is -2.29. The van der Waals surface area contributed by atoms with Crippen LogP contribution >= 0.6 is 0 Å². The SMILES string of the molecule is COc1cccc(CC(=O)c2cccc3c2CCCN3)c1. The number of carbonyl (C=O) groups excluding carboxylic acids is 1. The summed E-state index contributed by atoms with van der Waals surface area (Å²) in [4.78, 5) is 12.6. The first-order valence-corrected chi connectivity index (χ1v) is 7.30. The third-order valence-corrected chi connectivity index (χ3v) is 3.89. The van der Waals surface area contributed by atoms with Crippen LogP contribution in [-0.4, -0.2) is 19.4 Å². The van der Waals surface area contributed by atoms with E-state index in [2.05, 4.69) is 11.4 Å². The van der Waals surface area contributed by atoms with Gasteiger partial charge in [-0.1, -0.05) is 24.3 Å². The molecule has 0 bridgehead atoms. The first kappa shape index (κ1) is 13.7. The molecule has 0 amide bonds. The van der Waals surface area contributed by atoms with Gasteiger partial charge in [0, 0.05) is 24.2 Å².